The van der Waals surface area contributed by atoms with Gasteiger partial charge in [-0.3, -0.25) is 9.59 Å². The van der Waals surface area contributed by atoms with E-state index >= 15 is 0 Å². The molecule has 0 unspecified atom stereocenters. The first-order chi connectivity index (χ1) is 14.4. The van der Waals surface area contributed by atoms with Gasteiger partial charge in [0.15, 0.2) is 5.78 Å². The number of anilines is 1. The van der Waals surface area contributed by atoms with Gasteiger partial charge in [0.2, 0.25) is 5.91 Å². The Bertz CT molecular complexity index is 1270. The molecule has 0 spiro atoms. The molecule has 30 heavy (non-hydrogen) atoms. The lowest BCUT2D eigenvalue weighted by molar-refractivity contribution is -0.116. The molecule has 5 heteroatoms. The quantitative estimate of drug-likeness (QED) is 0.464. The van der Waals surface area contributed by atoms with Gasteiger partial charge in [0.05, 0.1) is 5.56 Å². The summed E-state index contributed by atoms with van der Waals surface area (Å²) in [6.07, 6.45) is 1.63. The zero-order valence-electron chi connectivity index (χ0n) is 16.8. The van der Waals surface area contributed by atoms with Crippen molar-refractivity contribution in [3.8, 4) is 0 Å². The number of ketones is 1. The summed E-state index contributed by atoms with van der Waals surface area (Å²) in [5.41, 5.74) is 3.92. The highest BCUT2D eigenvalue weighted by atomic mass is 19.1. The molecule has 0 fully saturated rings. The average Bonchev–Trinajstić information content (AvgIpc) is 3.09. The largest absolute Gasteiger partial charge is 0.337 e. The van der Waals surface area contributed by atoms with Crippen LogP contribution < -0.4 is 5.32 Å². The summed E-state index contributed by atoms with van der Waals surface area (Å²) in [6, 6.07) is 19.1. The van der Waals surface area contributed by atoms with Gasteiger partial charge in [0.1, 0.15) is 12.4 Å². The second-order valence-electron chi connectivity index (χ2n) is 7.36. The number of benzene rings is 3. The lowest BCUT2D eigenvalue weighted by Gasteiger charge is -2.10. The van der Waals surface area contributed by atoms with Crippen LogP contribution in [0.25, 0.3) is 10.9 Å². The highest BCUT2D eigenvalue weighted by molar-refractivity contribution is 6.16. The maximum absolute atomic E-state index is 14.2. The fourth-order valence-corrected chi connectivity index (χ4v) is 3.56. The molecule has 0 aliphatic carbocycles. The Hall–Kier alpha value is -3.73. The Morgan fingerprint density at radius 3 is 2.47 bits per heavy atom. The van der Waals surface area contributed by atoms with Crippen molar-refractivity contribution in [2.24, 2.45) is 0 Å². The summed E-state index contributed by atoms with van der Waals surface area (Å²) in [6.45, 7) is 3.94. The number of aromatic nitrogens is 1. The van der Waals surface area contributed by atoms with Gasteiger partial charge in [-0.1, -0.05) is 42.5 Å². The number of aryl methyl sites for hydroxylation is 2. The van der Waals surface area contributed by atoms with Crippen LogP contribution in [0.2, 0.25) is 0 Å². The molecule has 0 saturated heterocycles. The van der Waals surface area contributed by atoms with Crippen LogP contribution >= 0.6 is 0 Å². The van der Waals surface area contributed by atoms with Gasteiger partial charge >= 0.3 is 0 Å². The Balaban J connectivity index is 1.67. The van der Waals surface area contributed by atoms with Crippen molar-refractivity contribution in [1.82, 2.24) is 4.57 Å². The summed E-state index contributed by atoms with van der Waals surface area (Å²) < 4.78 is 15.9. The second kappa shape index (κ2) is 7.95. The summed E-state index contributed by atoms with van der Waals surface area (Å²) in [7, 11) is 0. The number of carbonyl (C=O) groups excluding carboxylic acids is 2. The van der Waals surface area contributed by atoms with E-state index in [0.717, 1.165) is 22.3 Å². The molecule has 150 valence electrons. The predicted octanol–water partition coefficient (Wildman–Crippen LogP) is 5.27. The average molecular weight is 400 g/mol. The van der Waals surface area contributed by atoms with E-state index in [0.29, 0.717) is 10.9 Å². The van der Waals surface area contributed by atoms with Crippen LogP contribution in [-0.4, -0.2) is 16.3 Å². The number of para-hydroxylation sites is 1. The molecule has 0 aliphatic rings. The minimum Gasteiger partial charge on any atom is -0.337 e. The van der Waals surface area contributed by atoms with Crippen LogP contribution in [0, 0.1) is 19.7 Å². The molecule has 0 bridgehead atoms. The molecule has 1 heterocycles. The van der Waals surface area contributed by atoms with Gasteiger partial charge in [-0.25, -0.2) is 4.39 Å². The van der Waals surface area contributed by atoms with Gasteiger partial charge in [0.25, 0.3) is 0 Å². The summed E-state index contributed by atoms with van der Waals surface area (Å²) in [5, 5.41) is 3.62. The van der Waals surface area contributed by atoms with E-state index in [1.165, 1.54) is 12.1 Å². The number of amides is 1. The zero-order chi connectivity index (χ0) is 21.3. The molecule has 4 aromatic rings. The lowest BCUT2D eigenvalue weighted by Crippen LogP contribution is -2.19. The number of nitrogens with one attached hydrogen (secondary N) is 1. The van der Waals surface area contributed by atoms with E-state index in [4.69, 9.17) is 0 Å². The summed E-state index contributed by atoms with van der Waals surface area (Å²) in [4.78, 5) is 25.7. The van der Waals surface area contributed by atoms with Crippen molar-refractivity contribution in [3.05, 3.63) is 101 Å². The van der Waals surface area contributed by atoms with Crippen LogP contribution in [0.15, 0.2) is 72.9 Å². The third-order valence-electron chi connectivity index (χ3n) is 5.13. The Morgan fingerprint density at radius 1 is 0.933 bits per heavy atom. The first kappa shape index (κ1) is 19.6. The number of rotatable bonds is 5. The van der Waals surface area contributed by atoms with Gasteiger partial charge in [-0.15, -0.1) is 0 Å². The molecular formula is C25H21FN2O2. The predicted molar refractivity (Wildman–Crippen MR) is 116 cm³/mol. The van der Waals surface area contributed by atoms with E-state index in [1.807, 2.05) is 56.3 Å². The SMILES string of the molecule is Cc1ccc(C)c(NC(=O)Cn2cc(C(=O)c3ccccc3F)c3ccccc32)c1. The number of hydrogen-bond acceptors (Lipinski definition) is 2. The second-order valence-corrected chi connectivity index (χ2v) is 7.36. The maximum atomic E-state index is 14.2. The summed E-state index contributed by atoms with van der Waals surface area (Å²) >= 11 is 0. The first-order valence-electron chi connectivity index (χ1n) is 9.68. The molecule has 1 aromatic heterocycles. The molecule has 4 rings (SSSR count). The van der Waals surface area contributed by atoms with Gasteiger partial charge in [-0.05, 0) is 49.2 Å². The number of nitrogens with zero attached hydrogens (tertiary/aromatic N) is 1. The smallest absolute Gasteiger partial charge is 0.244 e. The van der Waals surface area contributed by atoms with E-state index in [2.05, 4.69) is 5.32 Å². The number of fused-ring (bicyclic) bond motifs is 1. The lowest BCUT2D eigenvalue weighted by atomic mass is 10.0. The standard InChI is InChI=1S/C25H21FN2O2/c1-16-11-12-17(2)22(13-16)27-24(29)15-28-14-20(18-7-4-6-10-23(18)28)25(30)19-8-3-5-9-21(19)26/h3-14H,15H2,1-2H3,(H,27,29). The van der Waals surface area contributed by atoms with Gasteiger partial charge < -0.3 is 9.88 Å². The van der Waals surface area contributed by atoms with Crippen LogP contribution in [0.4, 0.5) is 10.1 Å². The fourth-order valence-electron chi connectivity index (χ4n) is 3.56. The first-order valence-corrected chi connectivity index (χ1v) is 9.68. The monoisotopic (exact) mass is 400 g/mol. The van der Waals surface area contributed by atoms with E-state index in [9.17, 15) is 14.0 Å². The van der Waals surface area contributed by atoms with E-state index < -0.39 is 11.6 Å². The van der Waals surface area contributed by atoms with Gasteiger partial charge in [-0.2, -0.15) is 0 Å². The summed E-state index contributed by atoms with van der Waals surface area (Å²) in [5.74, 6) is -1.17. The molecule has 0 saturated carbocycles. The van der Waals surface area contributed by atoms with Crippen molar-refractivity contribution in [2.75, 3.05) is 5.32 Å². The van der Waals surface area contributed by atoms with Gasteiger partial charge in [0, 0.05) is 28.4 Å². The highest BCUT2D eigenvalue weighted by Gasteiger charge is 2.20. The highest BCUT2D eigenvalue weighted by Crippen LogP contribution is 2.25. The molecular weight excluding hydrogens is 379 g/mol. The third-order valence-corrected chi connectivity index (χ3v) is 5.13. The zero-order valence-corrected chi connectivity index (χ0v) is 16.8. The number of halogens is 1. The Labute approximate surface area is 174 Å². The minimum absolute atomic E-state index is 0.0141. The molecule has 3 aromatic carbocycles. The normalized spacial score (nSPS) is 10.9. The number of carbonyl (C=O) groups is 2. The van der Waals surface area contributed by atoms with Crippen molar-refractivity contribution < 1.29 is 14.0 Å². The Kier molecular flexibility index (Phi) is 5.19. The van der Waals surface area contributed by atoms with Crippen LogP contribution in [-0.2, 0) is 11.3 Å². The van der Waals surface area contributed by atoms with Crippen LogP contribution in [0.1, 0.15) is 27.0 Å². The van der Waals surface area contributed by atoms with Crippen molar-refractivity contribution >= 4 is 28.3 Å². The maximum Gasteiger partial charge on any atom is 0.244 e. The van der Waals surface area contributed by atoms with Crippen molar-refractivity contribution in [2.45, 2.75) is 20.4 Å². The van der Waals surface area contributed by atoms with Crippen LogP contribution in [0.3, 0.4) is 0 Å². The number of hydrogen-bond donors (Lipinski definition) is 1. The molecule has 1 N–H and O–H groups in total. The molecule has 0 atom stereocenters. The molecule has 0 aliphatic heterocycles. The topological polar surface area (TPSA) is 51.1 Å². The van der Waals surface area contributed by atoms with E-state index in [1.54, 1.807) is 22.9 Å². The van der Waals surface area contributed by atoms with E-state index in [-0.39, 0.29) is 18.0 Å². The van der Waals surface area contributed by atoms with Crippen molar-refractivity contribution in [3.63, 3.8) is 0 Å². The van der Waals surface area contributed by atoms with Crippen molar-refractivity contribution in [1.29, 1.82) is 0 Å². The fraction of sp³-hybridized carbons (Fsp3) is 0.120. The third kappa shape index (κ3) is 3.74. The van der Waals surface area contributed by atoms with Crippen LogP contribution in [0.5, 0.6) is 0 Å². The molecule has 0 radical (unpaired) electrons. The molecule has 4 nitrogen and oxygen atoms in total. The minimum atomic E-state index is -0.563. The molecule has 1 amide bonds. The Morgan fingerprint density at radius 2 is 1.67 bits per heavy atom.